The van der Waals surface area contributed by atoms with E-state index in [1.807, 2.05) is 30.3 Å². The Labute approximate surface area is 149 Å². The van der Waals surface area contributed by atoms with Gasteiger partial charge in [0, 0.05) is 0 Å². The number of carboxylic acids is 1. The van der Waals surface area contributed by atoms with E-state index in [1.165, 1.54) is 11.6 Å². The third-order valence-electron chi connectivity index (χ3n) is 3.87. The molecule has 0 fully saturated rings. The number of hydrogen-bond acceptors (Lipinski definition) is 3. The van der Waals surface area contributed by atoms with Crippen molar-refractivity contribution in [2.45, 2.75) is 13.0 Å². The largest absolute Gasteiger partial charge is 0.479 e. The molecule has 0 bridgehead atoms. The highest BCUT2D eigenvalue weighted by molar-refractivity contribution is 5.72. The number of H-pyrrole nitrogens is 1. The summed E-state index contributed by atoms with van der Waals surface area (Å²) in [6.07, 6.45) is 0.796. The van der Waals surface area contributed by atoms with Gasteiger partial charge >= 0.3 is 5.97 Å². The van der Waals surface area contributed by atoms with Crippen molar-refractivity contribution in [1.82, 2.24) is 9.78 Å². The van der Waals surface area contributed by atoms with E-state index in [1.54, 1.807) is 30.3 Å². The van der Waals surface area contributed by atoms with Crippen LogP contribution in [-0.4, -0.2) is 27.0 Å². The third-order valence-corrected chi connectivity index (χ3v) is 3.87. The summed E-state index contributed by atoms with van der Waals surface area (Å²) >= 11 is 0. The molecule has 3 rings (SSSR count). The number of aliphatic carboxylic acids is 1. The van der Waals surface area contributed by atoms with Crippen molar-refractivity contribution in [1.29, 1.82) is 0 Å². The van der Waals surface area contributed by atoms with Gasteiger partial charge in [0.2, 0.25) is 0 Å². The minimum atomic E-state index is -1.03. The van der Waals surface area contributed by atoms with Crippen molar-refractivity contribution in [3.63, 3.8) is 0 Å². The number of rotatable bonds is 5. The Morgan fingerprint density at radius 3 is 2.46 bits per heavy atom. The Hall–Kier alpha value is -3.54. The zero-order chi connectivity index (χ0) is 18.7. The first-order valence-electron chi connectivity index (χ1n) is 8.02. The van der Waals surface area contributed by atoms with Crippen LogP contribution in [-0.2, 0) is 4.79 Å². The number of carboxylic acid groups (broad SMARTS) is 1. The smallest absolute Gasteiger partial charge is 0.344 e. The maximum absolute atomic E-state index is 12.7. The SMILES string of the molecule is C=c1[nH]n(-c2ccccc2)c(=O)/c1=C\c1ccc(O[C@@H](C)C(=O)O)cc1. The van der Waals surface area contributed by atoms with Crippen LogP contribution in [0.25, 0.3) is 18.3 Å². The first-order valence-corrected chi connectivity index (χ1v) is 8.02. The number of nitrogens with zero attached hydrogens (tertiary/aromatic N) is 1. The van der Waals surface area contributed by atoms with Crippen LogP contribution in [0, 0.1) is 0 Å². The maximum atomic E-state index is 12.7. The fourth-order valence-electron chi connectivity index (χ4n) is 2.47. The molecule has 2 N–H and O–H groups in total. The van der Waals surface area contributed by atoms with Gasteiger partial charge in [-0.05, 0) is 42.8 Å². The molecule has 26 heavy (non-hydrogen) atoms. The predicted octanol–water partition coefficient (Wildman–Crippen LogP) is 1.26. The van der Waals surface area contributed by atoms with Crippen molar-refractivity contribution < 1.29 is 14.6 Å². The molecule has 1 aromatic heterocycles. The van der Waals surface area contributed by atoms with E-state index in [0.717, 1.165) is 11.3 Å². The zero-order valence-corrected chi connectivity index (χ0v) is 14.2. The molecule has 0 saturated heterocycles. The van der Waals surface area contributed by atoms with Gasteiger partial charge in [-0.25, -0.2) is 9.48 Å². The van der Waals surface area contributed by atoms with Crippen LogP contribution in [0.5, 0.6) is 5.75 Å². The fourth-order valence-corrected chi connectivity index (χ4v) is 2.47. The number of para-hydroxylation sites is 1. The number of hydrogen-bond donors (Lipinski definition) is 2. The molecule has 0 spiro atoms. The van der Waals surface area contributed by atoms with Gasteiger partial charge in [0.05, 0.1) is 16.3 Å². The number of aromatic nitrogens is 2. The molecule has 0 radical (unpaired) electrons. The van der Waals surface area contributed by atoms with E-state index < -0.39 is 12.1 Å². The van der Waals surface area contributed by atoms with Crippen molar-refractivity contribution in [2.75, 3.05) is 0 Å². The zero-order valence-electron chi connectivity index (χ0n) is 14.2. The first kappa shape index (κ1) is 17.3. The summed E-state index contributed by atoms with van der Waals surface area (Å²) in [5.74, 6) is -0.584. The summed E-state index contributed by atoms with van der Waals surface area (Å²) in [6, 6.07) is 16.1. The third kappa shape index (κ3) is 3.59. The number of nitrogens with one attached hydrogen (secondary N) is 1. The Morgan fingerprint density at radius 2 is 1.85 bits per heavy atom. The van der Waals surface area contributed by atoms with Crippen LogP contribution < -0.4 is 20.9 Å². The van der Waals surface area contributed by atoms with Gasteiger partial charge in [-0.1, -0.05) is 36.9 Å². The molecule has 0 unspecified atom stereocenters. The lowest BCUT2D eigenvalue weighted by molar-refractivity contribution is -0.144. The Balaban J connectivity index is 1.94. The molecule has 2 aromatic carbocycles. The van der Waals surface area contributed by atoms with E-state index in [-0.39, 0.29) is 5.56 Å². The van der Waals surface area contributed by atoms with Gasteiger partial charge in [0.1, 0.15) is 5.75 Å². The van der Waals surface area contributed by atoms with E-state index in [4.69, 9.17) is 9.84 Å². The van der Waals surface area contributed by atoms with Gasteiger partial charge in [0.25, 0.3) is 5.56 Å². The topological polar surface area (TPSA) is 84.3 Å². The molecule has 0 saturated carbocycles. The maximum Gasteiger partial charge on any atom is 0.344 e. The summed E-state index contributed by atoms with van der Waals surface area (Å²) in [6.45, 7) is 5.36. The van der Waals surface area contributed by atoms with Crippen molar-refractivity contribution >= 4 is 18.6 Å². The average molecular weight is 350 g/mol. The molecule has 1 atom stereocenters. The molecule has 0 aliphatic rings. The summed E-state index contributed by atoms with van der Waals surface area (Å²) in [7, 11) is 0. The minimum absolute atomic E-state index is 0.193. The van der Waals surface area contributed by atoms with Crippen molar-refractivity contribution in [3.05, 3.63) is 81.1 Å². The Morgan fingerprint density at radius 1 is 1.19 bits per heavy atom. The quantitative estimate of drug-likeness (QED) is 0.725. The first-order chi connectivity index (χ1) is 12.5. The fraction of sp³-hybridized carbons (Fsp3) is 0.100. The molecule has 6 heteroatoms. The molecular weight excluding hydrogens is 332 g/mol. The van der Waals surface area contributed by atoms with Crippen LogP contribution in [0.1, 0.15) is 12.5 Å². The number of aromatic amines is 1. The summed E-state index contributed by atoms with van der Waals surface area (Å²) in [4.78, 5) is 23.5. The highest BCUT2D eigenvalue weighted by Gasteiger charge is 2.12. The molecule has 3 aromatic rings. The van der Waals surface area contributed by atoms with Crippen LogP contribution in [0.15, 0.2) is 59.4 Å². The lowest BCUT2D eigenvalue weighted by Crippen LogP contribution is -2.33. The summed E-state index contributed by atoms with van der Waals surface area (Å²) in [5, 5.41) is 12.8. The number of ether oxygens (including phenoxy) is 1. The van der Waals surface area contributed by atoms with Crippen molar-refractivity contribution in [2.24, 2.45) is 0 Å². The van der Waals surface area contributed by atoms with E-state index in [0.29, 0.717) is 16.3 Å². The second-order valence-electron chi connectivity index (χ2n) is 5.79. The molecular formula is C20H18N2O4. The number of carbonyl (C=O) groups is 1. The van der Waals surface area contributed by atoms with Crippen LogP contribution >= 0.6 is 0 Å². The van der Waals surface area contributed by atoms with Crippen LogP contribution in [0.4, 0.5) is 0 Å². The van der Waals surface area contributed by atoms with E-state index in [9.17, 15) is 9.59 Å². The highest BCUT2D eigenvalue weighted by Crippen LogP contribution is 2.14. The molecule has 0 amide bonds. The van der Waals surface area contributed by atoms with Gasteiger partial charge < -0.3 is 9.84 Å². The summed E-state index contributed by atoms with van der Waals surface area (Å²) < 4.78 is 6.74. The predicted molar refractivity (Wildman–Crippen MR) is 98.9 cm³/mol. The Bertz CT molecular complexity index is 1080. The summed E-state index contributed by atoms with van der Waals surface area (Å²) in [5.41, 5.74) is 1.32. The van der Waals surface area contributed by atoms with Gasteiger partial charge in [0.15, 0.2) is 6.10 Å². The molecule has 132 valence electrons. The van der Waals surface area contributed by atoms with Crippen molar-refractivity contribution in [3.8, 4) is 11.4 Å². The normalized spacial score (nSPS) is 12.7. The minimum Gasteiger partial charge on any atom is -0.479 e. The lowest BCUT2D eigenvalue weighted by atomic mass is 10.2. The molecule has 0 aliphatic heterocycles. The average Bonchev–Trinajstić information content (AvgIpc) is 2.92. The van der Waals surface area contributed by atoms with Crippen LogP contribution in [0.3, 0.4) is 0 Å². The standard InChI is InChI=1S/C20H18N2O4/c1-13-18(19(23)22(21-13)16-6-4-3-5-7-16)12-15-8-10-17(11-9-15)26-14(2)20(24)25/h3-12,14,21H,1H2,2H3,(H,24,25)/b18-12-/t14-/m0/s1. The van der Waals surface area contributed by atoms with E-state index in [2.05, 4.69) is 11.7 Å². The van der Waals surface area contributed by atoms with Gasteiger partial charge in [-0.3, -0.25) is 9.89 Å². The van der Waals surface area contributed by atoms with Gasteiger partial charge in [-0.15, -0.1) is 0 Å². The molecule has 1 heterocycles. The molecule has 0 aliphatic carbocycles. The number of benzene rings is 2. The van der Waals surface area contributed by atoms with Crippen LogP contribution in [0.2, 0.25) is 0 Å². The highest BCUT2D eigenvalue weighted by atomic mass is 16.5. The molecule has 6 nitrogen and oxygen atoms in total. The van der Waals surface area contributed by atoms with Gasteiger partial charge in [-0.2, -0.15) is 0 Å². The monoisotopic (exact) mass is 350 g/mol. The lowest BCUT2D eigenvalue weighted by Gasteiger charge is -2.09. The second kappa shape index (κ2) is 7.14. The second-order valence-corrected chi connectivity index (χ2v) is 5.79. The Kier molecular flexibility index (Phi) is 4.75. The van der Waals surface area contributed by atoms with E-state index >= 15 is 0 Å².